The van der Waals surface area contributed by atoms with Crippen LogP contribution in [0.15, 0.2) is 41.5 Å². The van der Waals surface area contributed by atoms with E-state index in [0.29, 0.717) is 31.3 Å². The van der Waals surface area contributed by atoms with E-state index in [9.17, 15) is 14.7 Å². The van der Waals surface area contributed by atoms with Crippen LogP contribution in [0.4, 0.5) is 0 Å². The predicted octanol–water partition coefficient (Wildman–Crippen LogP) is 2.65. The molecule has 2 aromatic heterocycles. The molecule has 1 saturated heterocycles. The molecule has 164 valence electrons. The van der Waals surface area contributed by atoms with Gasteiger partial charge >= 0.3 is 5.97 Å². The Labute approximate surface area is 184 Å². The number of nitrogens with zero attached hydrogens (tertiary/aromatic N) is 3. The minimum atomic E-state index is -0.997. The van der Waals surface area contributed by atoms with Gasteiger partial charge in [0.1, 0.15) is 11.4 Å². The van der Waals surface area contributed by atoms with E-state index in [-0.39, 0.29) is 31.2 Å². The average molecular weight is 442 g/mol. The topological polar surface area (TPSA) is 84.7 Å². The first-order valence-corrected chi connectivity index (χ1v) is 11.3. The van der Waals surface area contributed by atoms with Gasteiger partial charge in [-0.05, 0) is 37.8 Å². The third-order valence-corrected chi connectivity index (χ3v) is 7.12. The average Bonchev–Trinajstić information content (AvgIpc) is 3.05. The van der Waals surface area contributed by atoms with Gasteiger partial charge in [-0.15, -0.1) is 11.3 Å². The zero-order valence-electron chi connectivity index (χ0n) is 17.8. The number of aliphatic hydroxyl groups is 1. The van der Waals surface area contributed by atoms with Gasteiger partial charge < -0.3 is 9.84 Å². The Morgan fingerprint density at radius 3 is 2.65 bits per heavy atom. The number of aromatic nitrogens is 2. The highest BCUT2D eigenvalue weighted by atomic mass is 32.1. The van der Waals surface area contributed by atoms with E-state index in [4.69, 9.17) is 4.74 Å². The zero-order valence-corrected chi connectivity index (χ0v) is 18.7. The molecular formula is C23H27N3O4S. The van der Waals surface area contributed by atoms with E-state index in [0.717, 1.165) is 20.8 Å². The van der Waals surface area contributed by atoms with Crippen molar-refractivity contribution in [3.8, 4) is 0 Å². The quantitative estimate of drug-likeness (QED) is 0.592. The molecule has 0 aliphatic carbocycles. The first-order chi connectivity index (χ1) is 14.8. The van der Waals surface area contributed by atoms with Crippen LogP contribution in [0.5, 0.6) is 0 Å². The standard InChI is InChI=1S/C23H27N3O4S/c1-16-17(2)31-21-20(16)22(28)26(15-24-21)14-23(29)8-10-25(11-9-23)12-19(27)30-13-18-6-4-3-5-7-18/h3-7,15,29H,8-14H2,1-2H3. The lowest BCUT2D eigenvalue weighted by molar-refractivity contribution is -0.147. The summed E-state index contributed by atoms with van der Waals surface area (Å²) in [7, 11) is 0. The molecule has 0 bridgehead atoms. The Kier molecular flexibility index (Phi) is 6.22. The number of aryl methyl sites for hydroxylation is 2. The van der Waals surface area contributed by atoms with Crippen molar-refractivity contribution in [2.75, 3.05) is 19.6 Å². The second-order valence-electron chi connectivity index (χ2n) is 8.29. The maximum Gasteiger partial charge on any atom is 0.320 e. The first-order valence-electron chi connectivity index (χ1n) is 10.4. The molecule has 8 heteroatoms. The van der Waals surface area contributed by atoms with Gasteiger partial charge in [-0.25, -0.2) is 4.98 Å². The van der Waals surface area contributed by atoms with Crippen molar-refractivity contribution in [2.45, 2.75) is 45.4 Å². The number of thiophene rings is 1. The van der Waals surface area contributed by atoms with Crippen LogP contribution < -0.4 is 5.56 Å². The molecule has 0 spiro atoms. The Morgan fingerprint density at radius 2 is 1.94 bits per heavy atom. The van der Waals surface area contributed by atoms with Gasteiger partial charge in [0.25, 0.3) is 5.56 Å². The normalized spacial score (nSPS) is 16.5. The SMILES string of the molecule is Cc1sc2ncn(CC3(O)CCN(CC(=O)OCc4ccccc4)CC3)c(=O)c2c1C. The zero-order chi connectivity index (χ0) is 22.0. The van der Waals surface area contributed by atoms with Gasteiger partial charge in [-0.3, -0.25) is 19.1 Å². The van der Waals surface area contributed by atoms with E-state index in [1.807, 2.05) is 49.1 Å². The summed E-state index contributed by atoms with van der Waals surface area (Å²) < 4.78 is 6.87. The number of carbonyl (C=O) groups is 1. The summed E-state index contributed by atoms with van der Waals surface area (Å²) in [6, 6.07) is 9.58. The summed E-state index contributed by atoms with van der Waals surface area (Å²) in [5.41, 5.74) is 0.814. The summed E-state index contributed by atoms with van der Waals surface area (Å²) in [6.45, 7) is 5.72. The molecule has 1 aromatic carbocycles. The summed E-state index contributed by atoms with van der Waals surface area (Å²) in [5.74, 6) is -0.275. The van der Waals surface area contributed by atoms with Crippen LogP contribution in [0.25, 0.3) is 10.2 Å². The van der Waals surface area contributed by atoms with E-state index < -0.39 is 5.60 Å². The van der Waals surface area contributed by atoms with Gasteiger partial charge in [0, 0.05) is 18.0 Å². The largest absolute Gasteiger partial charge is 0.460 e. The second kappa shape index (κ2) is 8.90. The molecule has 1 N–H and O–H groups in total. The third-order valence-electron chi connectivity index (χ3n) is 6.00. The molecule has 3 heterocycles. The fourth-order valence-corrected chi connectivity index (χ4v) is 4.94. The summed E-state index contributed by atoms with van der Waals surface area (Å²) in [6.07, 6.45) is 2.49. The number of ether oxygens (including phenoxy) is 1. The van der Waals surface area contributed by atoms with Crippen molar-refractivity contribution in [3.05, 3.63) is 63.0 Å². The Morgan fingerprint density at radius 1 is 1.23 bits per heavy atom. The van der Waals surface area contributed by atoms with E-state index >= 15 is 0 Å². The molecule has 1 aliphatic rings. The number of hydrogen-bond donors (Lipinski definition) is 1. The monoisotopic (exact) mass is 441 g/mol. The molecule has 3 aromatic rings. The molecule has 0 radical (unpaired) electrons. The number of fused-ring (bicyclic) bond motifs is 1. The number of carbonyl (C=O) groups excluding carboxylic acids is 1. The Bertz CT molecular complexity index is 1130. The van der Waals surface area contributed by atoms with Crippen LogP contribution in [0, 0.1) is 13.8 Å². The van der Waals surface area contributed by atoms with Crippen molar-refractivity contribution in [1.82, 2.24) is 14.5 Å². The fourth-order valence-electron chi connectivity index (χ4n) is 3.95. The molecule has 0 amide bonds. The summed E-state index contributed by atoms with van der Waals surface area (Å²) in [4.78, 5) is 33.3. The van der Waals surface area contributed by atoms with Crippen LogP contribution in [0.2, 0.25) is 0 Å². The highest BCUT2D eigenvalue weighted by molar-refractivity contribution is 7.18. The van der Waals surface area contributed by atoms with Crippen LogP contribution in [0.3, 0.4) is 0 Å². The first kappa shape index (κ1) is 21.7. The van der Waals surface area contributed by atoms with Crippen molar-refractivity contribution in [2.24, 2.45) is 0 Å². The van der Waals surface area contributed by atoms with E-state index in [1.165, 1.54) is 22.2 Å². The number of piperidine rings is 1. The maximum atomic E-state index is 12.9. The maximum absolute atomic E-state index is 12.9. The predicted molar refractivity (Wildman–Crippen MR) is 120 cm³/mol. The summed E-state index contributed by atoms with van der Waals surface area (Å²) >= 11 is 1.52. The molecule has 0 atom stereocenters. The van der Waals surface area contributed by atoms with Crippen molar-refractivity contribution in [1.29, 1.82) is 0 Å². The highest BCUT2D eigenvalue weighted by Gasteiger charge is 2.34. The van der Waals surface area contributed by atoms with Crippen LogP contribution in [0.1, 0.15) is 28.8 Å². The number of rotatable bonds is 6. The lowest BCUT2D eigenvalue weighted by Crippen LogP contribution is -2.49. The Balaban J connectivity index is 1.33. The molecule has 31 heavy (non-hydrogen) atoms. The summed E-state index contributed by atoms with van der Waals surface area (Å²) in [5, 5.41) is 11.7. The number of likely N-dealkylation sites (tertiary alicyclic amines) is 1. The molecule has 0 saturated carbocycles. The minimum absolute atomic E-state index is 0.104. The van der Waals surface area contributed by atoms with Gasteiger partial charge in [-0.2, -0.15) is 0 Å². The molecule has 7 nitrogen and oxygen atoms in total. The lowest BCUT2D eigenvalue weighted by atomic mass is 9.91. The van der Waals surface area contributed by atoms with Crippen molar-refractivity contribution in [3.63, 3.8) is 0 Å². The lowest BCUT2D eigenvalue weighted by Gasteiger charge is -2.37. The number of esters is 1. The van der Waals surface area contributed by atoms with E-state index in [2.05, 4.69) is 4.98 Å². The van der Waals surface area contributed by atoms with E-state index in [1.54, 1.807) is 0 Å². The Hall–Kier alpha value is -2.55. The molecule has 4 rings (SSSR count). The minimum Gasteiger partial charge on any atom is -0.460 e. The number of benzene rings is 1. The molecule has 1 aliphatic heterocycles. The number of hydrogen-bond acceptors (Lipinski definition) is 7. The van der Waals surface area contributed by atoms with Crippen molar-refractivity contribution < 1.29 is 14.6 Å². The van der Waals surface area contributed by atoms with Gasteiger partial charge in [0.15, 0.2) is 0 Å². The molecule has 0 unspecified atom stereocenters. The smallest absolute Gasteiger partial charge is 0.320 e. The van der Waals surface area contributed by atoms with Crippen molar-refractivity contribution >= 4 is 27.5 Å². The fraction of sp³-hybridized carbons (Fsp3) is 0.435. The van der Waals surface area contributed by atoms with Gasteiger partial charge in [-0.1, -0.05) is 30.3 Å². The van der Waals surface area contributed by atoms with Crippen LogP contribution in [-0.2, 0) is 22.7 Å². The highest BCUT2D eigenvalue weighted by Crippen LogP contribution is 2.27. The molecule has 1 fully saturated rings. The van der Waals surface area contributed by atoms with Crippen LogP contribution >= 0.6 is 11.3 Å². The van der Waals surface area contributed by atoms with Gasteiger partial charge in [0.2, 0.25) is 0 Å². The molecular weight excluding hydrogens is 414 g/mol. The van der Waals surface area contributed by atoms with Gasteiger partial charge in [0.05, 0.1) is 30.4 Å². The van der Waals surface area contributed by atoms with Crippen LogP contribution in [-0.4, -0.2) is 50.8 Å². The second-order valence-corrected chi connectivity index (χ2v) is 9.49. The third kappa shape index (κ3) is 4.87.